The Morgan fingerprint density at radius 1 is 1.00 bits per heavy atom. The van der Waals surface area contributed by atoms with Gasteiger partial charge in [-0.3, -0.25) is 4.79 Å². The van der Waals surface area contributed by atoms with Crippen molar-refractivity contribution in [1.82, 2.24) is 4.98 Å². The van der Waals surface area contributed by atoms with Crippen LogP contribution in [0.1, 0.15) is 47.1 Å². The number of aromatic nitrogens is 1. The molecular weight excluding hydrogens is 386 g/mol. The molecule has 0 amide bonds. The first-order chi connectivity index (χ1) is 15.1. The number of allylic oxidation sites excluding steroid dienone is 1. The minimum Gasteiger partial charge on any atom is -0.494 e. The van der Waals surface area contributed by atoms with Crippen molar-refractivity contribution in [2.45, 2.75) is 26.7 Å². The van der Waals surface area contributed by atoms with E-state index in [1.165, 1.54) is 0 Å². The summed E-state index contributed by atoms with van der Waals surface area (Å²) in [6.45, 7) is 4.83. The van der Waals surface area contributed by atoms with Gasteiger partial charge in [-0.2, -0.15) is 0 Å². The quantitative estimate of drug-likeness (QED) is 0.183. The van der Waals surface area contributed by atoms with Crippen molar-refractivity contribution >= 4 is 28.5 Å². The van der Waals surface area contributed by atoms with Gasteiger partial charge in [0.25, 0.3) is 0 Å². The van der Waals surface area contributed by atoms with Crippen molar-refractivity contribution in [3.63, 3.8) is 0 Å². The van der Waals surface area contributed by atoms with Gasteiger partial charge in [-0.25, -0.2) is 4.98 Å². The van der Waals surface area contributed by atoms with E-state index in [2.05, 4.69) is 11.9 Å². The number of rotatable bonds is 8. The van der Waals surface area contributed by atoms with Crippen LogP contribution in [0.5, 0.6) is 5.75 Å². The number of hydrogen-bond acceptors (Lipinski definition) is 4. The average molecular weight is 412 g/mol. The van der Waals surface area contributed by atoms with Crippen LogP contribution >= 0.6 is 0 Å². The van der Waals surface area contributed by atoms with E-state index in [1.807, 2.05) is 73.7 Å². The first-order valence-corrected chi connectivity index (χ1v) is 10.6. The number of hydrogen-bond donors (Lipinski definition) is 0. The number of ketones is 1. The lowest BCUT2D eigenvalue weighted by atomic mass is 10.0. The third-order valence-corrected chi connectivity index (χ3v) is 5.04. The molecule has 4 nitrogen and oxygen atoms in total. The van der Waals surface area contributed by atoms with E-state index in [0.29, 0.717) is 29.2 Å². The molecule has 0 bridgehead atoms. The topological polar surface area (TPSA) is 52.3 Å². The second-order valence-electron chi connectivity index (χ2n) is 7.51. The highest BCUT2D eigenvalue weighted by molar-refractivity contribution is 6.31. The normalized spacial score (nSPS) is 11.6. The summed E-state index contributed by atoms with van der Waals surface area (Å²) in [5, 5.41) is 0. The van der Waals surface area contributed by atoms with Crippen LogP contribution in [0.3, 0.4) is 0 Å². The molecule has 1 heterocycles. The summed E-state index contributed by atoms with van der Waals surface area (Å²) in [7, 11) is 0. The van der Waals surface area contributed by atoms with E-state index in [0.717, 1.165) is 35.2 Å². The van der Waals surface area contributed by atoms with E-state index < -0.39 is 0 Å². The number of benzene rings is 3. The highest BCUT2D eigenvalue weighted by Crippen LogP contribution is 2.27. The summed E-state index contributed by atoms with van der Waals surface area (Å²) in [6, 6.07) is 22.7. The average Bonchev–Trinajstić information content (AvgIpc) is 3.23. The maximum atomic E-state index is 13.5. The largest absolute Gasteiger partial charge is 0.494 e. The van der Waals surface area contributed by atoms with Crippen molar-refractivity contribution < 1.29 is 13.9 Å². The van der Waals surface area contributed by atoms with Gasteiger partial charge in [0.1, 0.15) is 11.3 Å². The van der Waals surface area contributed by atoms with Crippen molar-refractivity contribution in [2.24, 2.45) is 0 Å². The van der Waals surface area contributed by atoms with Crippen LogP contribution < -0.4 is 4.74 Å². The molecule has 4 rings (SSSR count). The van der Waals surface area contributed by atoms with Crippen LogP contribution in [-0.2, 0) is 0 Å². The molecule has 31 heavy (non-hydrogen) atoms. The number of nitrogens with zero attached hydrogens (tertiary/aromatic N) is 1. The molecule has 0 radical (unpaired) electrons. The number of oxazole rings is 1. The van der Waals surface area contributed by atoms with Crippen LogP contribution in [0, 0.1) is 6.92 Å². The number of carbonyl (C=O) groups excluding carboxylic acids is 1. The standard InChI is InChI=1S/C27H25NO3/c1-3-4-17-30-22-15-13-21(14-16-22)26(29)23(18-20-11-9-19(2)10-12-20)27-28-24-7-5-6-8-25(24)31-27/h5-16,18H,3-4,17H2,1-2H3. The van der Waals surface area contributed by atoms with Crippen LogP contribution in [0.25, 0.3) is 22.7 Å². The van der Waals surface area contributed by atoms with Gasteiger partial charge in [0, 0.05) is 5.56 Å². The summed E-state index contributed by atoms with van der Waals surface area (Å²) in [5.74, 6) is 0.929. The van der Waals surface area contributed by atoms with E-state index in [9.17, 15) is 4.79 Å². The summed E-state index contributed by atoms with van der Waals surface area (Å²) in [5.41, 5.74) is 4.42. The molecule has 1 aromatic heterocycles. The van der Waals surface area contributed by atoms with E-state index in [-0.39, 0.29) is 5.78 Å². The molecule has 156 valence electrons. The Kier molecular flexibility index (Phi) is 6.27. The molecule has 0 atom stereocenters. The molecule has 0 spiro atoms. The lowest BCUT2D eigenvalue weighted by Gasteiger charge is -2.07. The molecule has 0 aliphatic heterocycles. The predicted octanol–water partition coefficient (Wildman–Crippen LogP) is 6.74. The number of carbonyl (C=O) groups is 1. The minimum absolute atomic E-state index is 0.146. The molecule has 0 aliphatic rings. The molecule has 4 heteroatoms. The Hall–Kier alpha value is -3.66. The fraction of sp³-hybridized carbons (Fsp3) is 0.185. The van der Waals surface area contributed by atoms with Crippen molar-refractivity contribution in [3.8, 4) is 5.75 Å². The molecule has 0 fully saturated rings. The highest BCUT2D eigenvalue weighted by atomic mass is 16.5. The highest BCUT2D eigenvalue weighted by Gasteiger charge is 2.20. The zero-order valence-electron chi connectivity index (χ0n) is 17.8. The number of Topliss-reactive ketones (excluding diaryl/α,β-unsaturated/α-hetero) is 1. The van der Waals surface area contributed by atoms with Gasteiger partial charge < -0.3 is 9.15 Å². The summed E-state index contributed by atoms with van der Waals surface area (Å²) in [6.07, 6.45) is 3.91. The number of ether oxygens (including phenoxy) is 1. The SMILES string of the molecule is CCCCOc1ccc(C(=O)C(=Cc2ccc(C)cc2)c2nc3ccccc3o2)cc1. The number of unbranched alkanes of at least 4 members (excludes halogenated alkanes) is 1. The Morgan fingerprint density at radius 2 is 1.74 bits per heavy atom. The molecule has 0 N–H and O–H groups in total. The van der Waals surface area contributed by atoms with Crippen molar-refractivity contribution in [2.75, 3.05) is 6.61 Å². The fourth-order valence-corrected chi connectivity index (χ4v) is 3.23. The Balaban J connectivity index is 1.69. The first-order valence-electron chi connectivity index (χ1n) is 10.6. The van der Waals surface area contributed by atoms with E-state index >= 15 is 0 Å². The smallest absolute Gasteiger partial charge is 0.231 e. The fourth-order valence-electron chi connectivity index (χ4n) is 3.23. The van der Waals surface area contributed by atoms with Gasteiger partial charge >= 0.3 is 0 Å². The molecule has 0 saturated heterocycles. The number of fused-ring (bicyclic) bond motifs is 1. The second-order valence-corrected chi connectivity index (χ2v) is 7.51. The van der Waals surface area contributed by atoms with E-state index in [1.54, 1.807) is 12.1 Å². The van der Waals surface area contributed by atoms with Gasteiger partial charge in [-0.1, -0.05) is 55.3 Å². The predicted molar refractivity (Wildman–Crippen MR) is 124 cm³/mol. The van der Waals surface area contributed by atoms with Gasteiger partial charge in [0.15, 0.2) is 11.4 Å². The first kappa shape index (κ1) is 20.6. The lowest BCUT2D eigenvalue weighted by Crippen LogP contribution is -2.04. The third kappa shape index (κ3) is 4.92. The maximum absolute atomic E-state index is 13.5. The molecule has 0 saturated carbocycles. The van der Waals surface area contributed by atoms with Crippen molar-refractivity contribution in [3.05, 3.63) is 95.4 Å². The van der Waals surface area contributed by atoms with E-state index in [4.69, 9.17) is 9.15 Å². The molecule has 3 aromatic carbocycles. The van der Waals surface area contributed by atoms with Crippen LogP contribution in [0.15, 0.2) is 77.2 Å². The zero-order valence-corrected chi connectivity index (χ0v) is 17.8. The Bertz CT molecular complexity index is 1170. The monoisotopic (exact) mass is 411 g/mol. The summed E-state index contributed by atoms with van der Waals surface area (Å²) < 4.78 is 11.6. The number of aryl methyl sites for hydroxylation is 1. The zero-order chi connectivity index (χ0) is 21.6. The van der Waals surface area contributed by atoms with Crippen LogP contribution in [0.4, 0.5) is 0 Å². The van der Waals surface area contributed by atoms with Crippen LogP contribution in [0.2, 0.25) is 0 Å². The maximum Gasteiger partial charge on any atom is 0.231 e. The summed E-state index contributed by atoms with van der Waals surface area (Å²) >= 11 is 0. The minimum atomic E-state index is -0.146. The number of para-hydroxylation sites is 2. The van der Waals surface area contributed by atoms with Gasteiger partial charge in [-0.05, 0) is 61.4 Å². The summed E-state index contributed by atoms with van der Waals surface area (Å²) in [4.78, 5) is 18.0. The third-order valence-electron chi connectivity index (χ3n) is 5.04. The molecule has 0 unspecified atom stereocenters. The van der Waals surface area contributed by atoms with Gasteiger partial charge in [0.2, 0.25) is 5.89 Å². The van der Waals surface area contributed by atoms with Crippen LogP contribution in [-0.4, -0.2) is 17.4 Å². The molecule has 4 aromatic rings. The molecule has 0 aliphatic carbocycles. The molecular formula is C27H25NO3. The second kappa shape index (κ2) is 9.43. The Morgan fingerprint density at radius 3 is 2.45 bits per heavy atom. The Labute approximate surface area is 182 Å². The van der Waals surface area contributed by atoms with Crippen molar-refractivity contribution in [1.29, 1.82) is 0 Å². The van der Waals surface area contributed by atoms with Gasteiger partial charge in [-0.15, -0.1) is 0 Å². The van der Waals surface area contributed by atoms with Gasteiger partial charge in [0.05, 0.1) is 12.2 Å². The lowest BCUT2D eigenvalue weighted by molar-refractivity contribution is 0.105.